The number of benzene rings is 1. The maximum Gasteiger partial charge on any atom is 0.410 e. The van der Waals surface area contributed by atoms with Crippen LogP contribution in [0.2, 0.25) is 0 Å². The lowest BCUT2D eigenvalue weighted by Crippen LogP contribution is -2.29. The van der Waals surface area contributed by atoms with Crippen LogP contribution in [0.25, 0.3) is 0 Å². The molecular weight excluding hydrogens is 280 g/mol. The van der Waals surface area contributed by atoms with E-state index < -0.39 is 6.09 Å². The van der Waals surface area contributed by atoms with Gasteiger partial charge in [0.15, 0.2) is 5.75 Å². The van der Waals surface area contributed by atoms with Gasteiger partial charge in [0.1, 0.15) is 0 Å². The molecule has 1 aromatic carbocycles. The van der Waals surface area contributed by atoms with Gasteiger partial charge in [-0.15, -0.1) is 0 Å². The summed E-state index contributed by atoms with van der Waals surface area (Å²) in [7, 11) is 6.05. The average molecular weight is 308 g/mol. The fourth-order valence-corrected chi connectivity index (χ4v) is 2.12. The molecule has 0 radical (unpaired) electrons. The lowest BCUT2D eigenvalue weighted by Gasteiger charge is -2.27. The highest BCUT2D eigenvalue weighted by molar-refractivity contribution is 5.75. The van der Waals surface area contributed by atoms with E-state index in [1.807, 2.05) is 27.2 Å². The van der Waals surface area contributed by atoms with Gasteiger partial charge in [0.25, 0.3) is 0 Å². The van der Waals surface area contributed by atoms with Crippen LogP contribution >= 0.6 is 0 Å². The monoisotopic (exact) mass is 308 g/mol. The molecular formula is C16H28N4O2. The Morgan fingerprint density at radius 3 is 2.23 bits per heavy atom. The predicted octanol–water partition coefficient (Wildman–Crippen LogP) is 2.02. The van der Waals surface area contributed by atoms with Crippen molar-refractivity contribution in [3.8, 4) is 5.75 Å². The maximum absolute atomic E-state index is 11.1. The summed E-state index contributed by atoms with van der Waals surface area (Å²) in [4.78, 5) is 15.3. The van der Waals surface area contributed by atoms with Gasteiger partial charge in [0, 0.05) is 31.9 Å². The highest BCUT2D eigenvalue weighted by atomic mass is 16.5. The Morgan fingerprint density at radius 2 is 1.77 bits per heavy atom. The molecule has 0 aliphatic carbocycles. The minimum absolute atomic E-state index is 0.168. The number of primary amides is 1. The molecule has 22 heavy (non-hydrogen) atoms. The van der Waals surface area contributed by atoms with Gasteiger partial charge in [0.2, 0.25) is 0 Å². The Hall–Kier alpha value is -1.95. The number of rotatable bonds is 5. The van der Waals surface area contributed by atoms with E-state index >= 15 is 0 Å². The summed E-state index contributed by atoms with van der Waals surface area (Å²) in [5.74, 6) is 0.312. The molecule has 0 heterocycles. The SMILES string of the molecule is CN(C)CCN(C)c1cc(OC(N)=O)c(N)c(C(C)(C)C)c1. The van der Waals surface area contributed by atoms with Gasteiger partial charge < -0.3 is 26.0 Å². The lowest BCUT2D eigenvalue weighted by atomic mass is 9.85. The van der Waals surface area contributed by atoms with Crippen molar-refractivity contribution < 1.29 is 9.53 Å². The van der Waals surface area contributed by atoms with Gasteiger partial charge in [-0.05, 0) is 31.1 Å². The van der Waals surface area contributed by atoms with E-state index in [4.69, 9.17) is 16.2 Å². The molecule has 0 aromatic heterocycles. The van der Waals surface area contributed by atoms with Crippen molar-refractivity contribution in [2.75, 3.05) is 44.9 Å². The highest BCUT2D eigenvalue weighted by Gasteiger charge is 2.22. The van der Waals surface area contributed by atoms with Crippen molar-refractivity contribution in [2.45, 2.75) is 26.2 Å². The number of nitrogen functional groups attached to an aromatic ring is 1. The third kappa shape index (κ3) is 4.80. The number of likely N-dealkylation sites (N-methyl/N-ethyl adjacent to an activating group) is 2. The second-order valence-electron chi connectivity index (χ2n) is 6.80. The molecule has 0 aliphatic rings. The second kappa shape index (κ2) is 6.87. The Balaban J connectivity index is 3.25. The van der Waals surface area contributed by atoms with Crippen molar-refractivity contribution >= 4 is 17.5 Å². The predicted molar refractivity (Wildman–Crippen MR) is 91.6 cm³/mol. The number of hydrogen-bond donors (Lipinski definition) is 2. The first kappa shape index (κ1) is 18.1. The van der Waals surface area contributed by atoms with Crippen LogP contribution < -0.4 is 21.1 Å². The Labute approximate surface area is 133 Å². The van der Waals surface area contributed by atoms with Gasteiger partial charge in [-0.3, -0.25) is 0 Å². The molecule has 6 nitrogen and oxygen atoms in total. The summed E-state index contributed by atoms with van der Waals surface area (Å²) in [5.41, 5.74) is 13.4. The minimum atomic E-state index is -0.861. The molecule has 0 saturated heterocycles. The van der Waals surface area contributed by atoms with Crippen LogP contribution in [0.1, 0.15) is 26.3 Å². The summed E-state index contributed by atoms with van der Waals surface area (Å²) in [6.07, 6.45) is -0.861. The van der Waals surface area contributed by atoms with Gasteiger partial charge in [-0.25, -0.2) is 4.79 Å². The first-order chi connectivity index (χ1) is 10.0. The molecule has 0 fully saturated rings. The van der Waals surface area contributed by atoms with Crippen LogP contribution in [0.5, 0.6) is 5.75 Å². The number of carbonyl (C=O) groups is 1. The smallest absolute Gasteiger partial charge is 0.408 e. The third-order valence-corrected chi connectivity index (χ3v) is 3.47. The van der Waals surface area contributed by atoms with E-state index in [0.717, 1.165) is 24.3 Å². The lowest BCUT2D eigenvalue weighted by molar-refractivity contribution is 0.211. The molecule has 0 unspecified atom stereocenters. The number of nitrogens with two attached hydrogens (primary N) is 2. The zero-order chi connectivity index (χ0) is 17.1. The maximum atomic E-state index is 11.1. The van der Waals surface area contributed by atoms with Crippen LogP contribution in [0.3, 0.4) is 0 Å². The van der Waals surface area contributed by atoms with Crippen molar-refractivity contribution in [2.24, 2.45) is 5.73 Å². The molecule has 4 N–H and O–H groups in total. The second-order valence-corrected chi connectivity index (χ2v) is 6.80. The molecule has 1 amide bonds. The highest BCUT2D eigenvalue weighted by Crippen LogP contribution is 2.38. The van der Waals surface area contributed by atoms with Crippen LogP contribution in [-0.2, 0) is 5.41 Å². The van der Waals surface area contributed by atoms with E-state index in [0.29, 0.717) is 11.4 Å². The largest absolute Gasteiger partial charge is 0.410 e. The average Bonchev–Trinajstić information content (AvgIpc) is 2.36. The number of amides is 1. The molecule has 0 aliphatic heterocycles. The van der Waals surface area contributed by atoms with Crippen molar-refractivity contribution in [3.05, 3.63) is 17.7 Å². The van der Waals surface area contributed by atoms with Crippen molar-refractivity contribution in [1.29, 1.82) is 0 Å². The van der Waals surface area contributed by atoms with E-state index in [9.17, 15) is 4.79 Å². The molecule has 0 saturated carbocycles. The number of hydrogen-bond acceptors (Lipinski definition) is 5. The molecule has 0 atom stereocenters. The van der Waals surface area contributed by atoms with Gasteiger partial charge in [-0.1, -0.05) is 20.8 Å². The number of carbonyl (C=O) groups excluding carboxylic acids is 1. The van der Waals surface area contributed by atoms with Crippen LogP contribution in [0.15, 0.2) is 12.1 Å². The van der Waals surface area contributed by atoms with Gasteiger partial charge in [-0.2, -0.15) is 0 Å². The zero-order valence-corrected chi connectivity index (χ0v) is 14.4. The summed E-state index contributed by atoms with van der Waals surface area (Å²) >= 11 is 0. The summed E-state index contributed by atoms with van der Waals surface area (Å²) in [6.45, 7) is 7.96. The van der Waals surface area contributed by atoms with Crippen LogP contribution in [-0.4, -0.2) is 45.2 Å². The number of anilines is 2. The summed E-state index contributed by atoms with van der Waals surface area (Å²) in [6, 6.07) is 3.80. The molecule has 124 valence electrons. The van der Waals surface area contributed by atoms with E-state index in [2.05, 4.69) is 30.6 Å². The van der Waals surface area contributed by atoms with E-state index in [1.54, 1.807) is 6.07 Å². The fourth-order valence-electron chi connectivity index (χ4n) is 2.12. The Morgan fingerprint density at radius 1 is 1.18 bits per heavy atom. The first-order valence-corrected chi connectivity index (χ1v) is 7.29. The summed E-state index contributed by atoms with van der Waals surface area (Å²) < 4.78 is 5.07. The van der Waals surface area contributed by atoms with Crippen LogP contribution in [0.4, 0.5) is 16.2 Å². The molecule has 0 bridgehead atoms. The minimum Gasteiger partial charge on any atom is -0.408 e. The number of ether oxygens (including phenoxy) is 1. The van der Waals surface area contributed by atoms with E-state index in [1.165, 1.54) is 0 Å². The zero-order valence-electron chi connectivity index (χ0n) is 14.4. The fraction of sp³-hybridized carbons (Fsp3) is 0.562. The number of nitrogens with zero attached hydrogens (tertiary/aromatic N) is 2. The van der Waals surface area contributed by atoms with Gasteiger partial charge in [0.05, 0.1) is 5.69 Å². The van der Waals surface area contributed by atoms with E-state index in [-0.39, 0.29) is 5.41 Å². The van der Waals surface area contributed by atoms with Crippen LogP contribution in [0, 0.1) is 0 Å². The molecule has 1 aromatic rings. The Kier molecular flexibility index (Phi) is 5.65. The standard InChI is InChI=1S/C16H28N4O2/c1-16(2,3)12-9-11(20(6)8-7-19(4)5)10-13(14(12)17)22-15(18)21/h9-10H,7-8,17H2,1-6H3,(H2,18,21). The normalized spacial score (nSPS) is 11.6. The molecule has 6 heteroatoms. The molecule has 1 rings (SSSR count). The van der Waals surface area contributed by atoms with Crippen molar-refractivity contribution in [1.82, 2.24) is 4.90 Å². The first-order valence-electron chi connectivity index (χ1n) is 7.29. The topological polar surface area (TPSA) is 84.8 Å². The quantitative estimate of drug-likeness (QED) is 0.813. The molecule has 0 spiro atoms. The van der Waals surface area contributed by atoms with Gasteiger partial charge >= 0.3 is 6.09 Å². The van der Waals surface area contributed by atoms with Crippen molar-refractivity contribution in [3.63, 3.8) is 0 Å². The Bertz CT molecular complexity index is 536. The third-order valence-electron chi connectivity index (χ3n) is 3.47. The summed E-state index contributed by atoms with van der Waals surface area (Å²) in [5, 5.41) is 0.